The highest BCUT2D eigenvalue weighted by molar-refractivity contribution is 6.34. The first-order chi connectivity index (χ1) is 19.7. The first-order valence-electron chi connectivity index (χ1n) is 13.3. The van der Waals surface area contributed by atoms with E-state index >= 15 is 0 Å². The number of nitrogens with zero attached hydrogens (tertiary/aromatic N) is 4. The van der Waals surface area contributed by atoms with Crippen molar-refractivity contribution in [3.63, 3.8) is 0 Å². The largest absolute Gasteiger partial charge is 0.477 e. The topological polar surface area (TPSA) is 102 Å². The molecule has 2 fully saturated rings. The van der Waals surface area contributed by atoms with Gasteiger partial charge >= 0.3 is 5.97 Å². The number of hydrogen-bond acceptors (Lipinski definition) is 7. The molecular weight excluding hydrogens is 547 g/mol. The molecule has 0 spiro atoms. The highest BCUT2D eigenvalue weighted by atomic mass is 35.5. The van der Waals surface area contributed by atoms with E-state index in [-0.39, 0.29) is 5.02 Å². The van der Waals surface area contributed by atoms with E-state index in [1.807, 2.05) is 12.0 Å². The van der Waals surface area contributed by atoms with Crippen LogP contribution in [0.5, 0.6) is 0 Å². The zero-order valence-corrected chi connectivity index (χ0v) is 23.3. The van der Waals surface area contributed by atoms with Gasteiger partial charge in [0.1, 0.15) is 11.4 Å². The lowest BCUT2D eigenvalue weighted by molar-refractivity contribution is 0.0694. The number of likely N-dealkylation sites (tertiary alicyclic amines) is 1. The van der Waals surface area contributed by atoms with Crippen LogP contribution in [0.15, 0.2) is 58.7 Å². The second-order valence-corrected chi connectivity index (χ2v) is 11.1. The molecule has 2 atom stereocenters. The second kappa shape index (κ2) is 10.3. The summed E-state index contributed by atoms with van der Waals surface area (Å²) in [5.41, 5.74) is 4.06. The number of carbonyl (C=O) groups is 1. The molecule has 3 aliphatic heterocycles. The highest BCUT2D eigenvalue weighted by Crippen LogP contribution is 2.46. The minimum atomic E-state index is -1.34. The van der Waals surface area contributed by atoms with Gasteiger partial charge in [0.15, 0.2) is 5.83 Å². The quantitative estimate of drug-likeness (QED) is 0.396. The van der Waals surface area contributed by atoms with Crippen LogP contribution in [-0.4, -0.2) is 65.1 Å². The maximum Gasteiger partial charge on any atom is 0.341 e. The lowest BCUT2D eigenvalue weighted by Crippen LogP contribution is -2.35. The Labute approximate surface area is 240 Å². The predicted molar refractivity (Wildman–Crippen MR) is 157 cm³/mol. The van der Waals surface area contributed by atoms with Crippen molar-refractivity contribution in [2.45, 2.75) is 18.9 Å². The zero-order chi connectivity index (χ0) is 29.0. The molecule has 0 amide bonds. The summed E-state index contributed by atoms with van der Waals surface area (Å²) in [6, 6.07) is 5.07. The molecule has 0 aliphatic carbocycles. The third kappa shape index (κ3) is 4.51. The van der Waals surface area contributed by atoms with Crippen LogP contribution in [0.3, 0.4) is 0 Å². The standard InChI is InChI=1S/C30H28ClFN6O3/c1-4-18(32)9-23(33-2)24-11-19-27(37-8-7-17-13-36(3)15-26(17)37)21(12-34-28(19)35-24)16-5-6-25-22(31)10-20(30(40)41)29(39)38(25)14-16/h1,5-6,9-10,12,14,17,26,33H,7-8,11,13,15H2,2-3H3,(H,34,35)(H,40,41)/b18-9+,24-23-/t17-,26+/m0/s1. The number of aromatic nitrogens is 2. The van der Waals surface area contributed by atoms with E-state index < -0.39 is 22.9 Å². The molecule has 6 heterocycles. The fourth-order valence-electron chi connectivity index (χ4n) is 6.38. The molecular formula is C30H28ClFN6O3. The zero-order valence-electron chi connectivity index (χ0n) is 22.5. The number of terminal acetylenes is 1. The van der Waals surface area contributed by atoms with Crippen molar-refractivity contribution in [1.82, 2.24) is 19.6 Å². The minimum Gasteiger partial charge on any atom is -0.477 e. The van der Waals surface area contributed by atoms with E-state index in [1.54, 1.807) is 25.5 Å². The molecule has 0 radical (unpaired) electrons. The number of hydrogen-bond donors (Lipinski definition) is 3. The lowest BCUT2D eigenvalue weighted by Gasteiger charge is -2.30. The summed E-state index contributed by atoms with van der Waals surface area (Å²) < 4.78 is 15.3. The van der Waals surface area contributed by atoms with Gasteiger partial charge in [-0.1, -0.05) is 17.7 Å². The Morgan fingerprint density at radius 3 is 2.90 bits per heavy atom. The Morgan fingerprint density at radius 1 is 1.37 bits per heavy atom. The number of halogens is 2. The molecule has 2 saturated heterocycles. The fraction of sp³-hybridized carbons (Fsp3) is 0.300. The molecule has 3 aliphatic rings. The third-order valence-corrected chi connectivity index (χ3v) is 8.55. The van der Waals surface area contributed by atoms with Crippen LogP contribution in [0.2, 0.25) is 5.02 Å². The number of anilines is 2. The molecule has 3 N–H and O–H groups in total. The van der Waals surface area contributed by atoms with Gasteiger partial charge in [-0.05, 0) is 37.4 Å². The van der Waals surface area contributed by atoms with Gasteiger partial charge < -0.3 is 25.5 Å². The van der Waals surface area contributed by atoms with Gasteiger partial charge in [0, 0.05) is 80.0 Å². The molecule has 0 aromatic carbocycles. The molecule has 0 unspecified atom stereocenters. The molecule has 210 valence electrons. The number of allylic oxidation sites excluding steroid dienone is 3. The van der Waals surface area contributed by atoms with E-state index in [0.29, 0.717) is 41.0 Å². The molecule has 9 nitrogen and oxygen atoms in total. The summed E-state index contributed by atoms with van der Waals surface area (Å²) in [6.45, 7) is 2.80. The SMILES string of the molecule is C#C/C(F)=C\C(NC)=C1/Cc2c(ncc(-c3ccc4c(Cl)cc(C(=O)O)c(=O)n4c3)c2N2CC[C@H]3CN(C)C[C@H]32)N1. The average molecular weight is 575 g/mol. The molecule has 3 aromatic rings. The number of fused-ring (bicyclic) bond motifs is 3. The molecule has 6 rings (SSSR count). The smallest absolute Gasteiger partial charge is 0.341 e. The van der Waals surface area contributed by atoms with Crippen molar-refractivity contribution in [3.8, 4) is 23.5 Å². The van der Waals surface area contributed by atoms with Crippen molar-refractivity contribution in [3.05, 3.63) is 80.4 Å². The lowest BCUT2D eigenvalue weighted by atomic mass is 9.99. The fourth-order valence-corrected chi connectivity index (χ4v) is 6.64. The van der Waals surface area contributed by atoms with Gasteiger partial charge in [0.05, 0.1) is 21.9 Å². The number of nitrogens with one attached hydrogen (secondary N) is 2. The first-order valence-corrected chi connectivity index (χ1v) is 13.6. The van der Waals surface area contributed by atoms with Crippen molar-refractivity contribution < 1.29 is 14.3 Å². The molecule has 41 heavy (non-hydrogen) atoms. The maximum atomic E-state index is 14.0. The Hall–Kier alpha value is -4.33. The van der Waals surface area contributed by atoms with E-state index in [1.165, 1.54) is 16.5 Å². The summed E-state index contributed by atoms with van der Waals surface area (Å²) in [4.78, 5) is 34.3. The number of pyridine rings is 3. The Morgan fingerprint density at radius 2 is 2.17 bits per heavy atom. The summed E-state index contributed by atoms with van der Waals surface area (Å²) in [5.74, 6) is 1.18. The molecule has 0 saturated carbocycles. The minimum absolute atomic E-state index is 0.169. The van der Waals surface area contributed by atoms with Crippen molar-refractivity contribution in [1.29, 1.82) is 0 Å². The summed E-state index contributed by atoms with van der Waals surface area (Å²) in [6.07, 6.45) is 11.4. The van der Waals surface area contributed by atoms with Crippen LogP contribution in [0, 0.1) is 18.3 Å². The Kier molecular flexibility index (Phi) is 6.72. The van der Waals surface area contributed by atoms with Crippen LogP contribution in [-0.2, 0) is 6.42 Å². The third-order valence-electron chi connectivity index (χ3n) is 8.25. The van der Waals surface area contributed by atoms with Crippen molar-refractivity contribution in [2.24, 2.45) is 5.92 Å². The maximum absolute atomic E-state index is 14.0. The first kappa shape index (κ1) is 26.9. The van der Waals surface area contributed by atoms with Crippen LogP contribution in [0.25, 0.3) is 16.6 Å². The van der Waals surface area contributed by atoms with Gasteiger partial charge in [-0.15, -0.1) is 6.42 Å². The summed E-state index contributed by atoms with van der Waals surface area (Å²) in [7, 11) is 3.83. The average Bonchev–Trinajstić information content (AvgIpc) is 3.66. The summed E-state index contributed by atoms with van der Waals surface area (Å²) in [5, 5.41) is 16.1. The van der Waals surface area contributed by atoms with Gasteiger partial charge in [-0.25, -0.2) is 9.78 Å². The molecule has 3 aromatic heterocycles. The van der Waals surface area contributed by atoms with Gasteiger partial charge in [-0.3, -0.25) is 9.20 Å². The van der Waals surface area contributed by atoms with Gasteiger partial charge in [-0.2, -0.15) is 4.39 Å². The van der Waals surface area contributed by atoms with Gasteiger partial charge in [0.2, 0.25) is 0 Å². The van der Waals surface area contributed by atoms with Crippen molar-refractivity contribution in [2.75, 3.05) is 43.9 Å². The molecule has 11 heteroatoms. The van der Waals surface area contributed by atoms with Gasteiger partial charge in [0.25, 0.3) is 5.56 Å². The predicted octanol–water partition coefficient (Wildman–Crippen LogP) is 3.74. The normalized spacial score (nSPS) is 21.4. The number of carboxylic acids is 1. The van der Waals surface area contributed by atoms with E-state index in [2.05, 4.69) is 27.5 Å². The summed E-state index contributed by atoms with van der Waals surface area (Å²) >= 11 is 6.36. The second-order valence-electron chi connectivity index (χ2n) is 10.6. The van der Waals surface area contributed by atoms with Crippen LogP contribution in [0.4, 0.5) is 15.9 Å². The Balaban J connectivity index is 1.55. The number of carboxylic acid groups (broad SMARTS) is 1. The number of rotatable bonds is 5. The van der Waals surface area contributed by atoms with E-state index in [9.17, 15) is 19.1 Å². The highest BCUT2D eigenvalue weighted by Gasteiger charge is 2.42. The van der Waals surface area contributed by atoms with Crippen LogP contribution >= 0.6 is 11.6 Å². The van der Waals surface area contributed by atoms with Crippen LogP contribution in [0.1, 0.15) is 22.3 Å². The number of aromatic carboxylic acids is 1. The number of likely N-dealkylation sites (N-methyl/N-ethyl adjacent to an activating group) is 2. The molecule has 0 bridgehead atoms. The van der Waals surface area contributed by atoms with E-state index in [0.717, 1.165) is 48.6 Å². The van der Waals surface area contributed by atoms with Crippen LogP contribution < -0.4 is 21.1 Å². The monoisotopic (exact) mass is 574 g/mol. The van der Waals surface area contributed by atoms with Crippen molar-refractivity contribution >= 4 is 34.6 Å². The Bertz CT molecular complexity index is 1770. The van der Waals surface area contributed by atoms with E-state index in [4.69, 9.17) is 23.0 Å².